The van der Waals surface area contributed by atoms with Gasteiger partial charge < -0.3 is 10.1 Å². The van der Waals surface area contributed by atoms with Crippen LogP contribution < -0.4 is 10.6 Å². The van der Waals surface area contributed by atoms with Crippen LogP contribution in [0.3, 0.4) is 0 Å². The molecule has 0 heterocycles. The Hall–Kier alpha value is -3.29. The molecule has 0 saturated heterocycles. The summed E-state index contributed by atoms with van der Waals surface area (Å²) in [6.45, 7) is 1.91. The van der Waals surface area contributed by atoms with E-state index in [0.717, 1.165) is 18.2 Å². The maximum atomic E-state index is 13.5. The lowest BCUT2D eigenvalue weighted by Gasteiger charge is -2.08. The first kappa shape index (κ1) is 18.1. The summed E-state index contributed by atoms with van der Waals surface area (Å²) in [7, 11) is 0. The van der Waals surface area contributed by atoms with Crippen LogP contribution in [-0.2, 0) is 4.74 Å². The van der Waals surface area contributed by atoms with E-state index in [1.807, 2.05) is 5.32 Å². The highest BCUT2D eigenvalue weighted by atomic mass is 19.1. The molecule has 25 heavy (non-hydrogen) atoms. The molecule has 0 saturated carbocycles. The first-order chi connectivity index (χ1) is 11.9. The van der Waals surface area contributed by atoms with Crippen LogP contribution in [0.5, 0.6) is 0 Å². The standard InChI is InChI=1S/C17H14F2N2O4/c1-2-25-16(23)10-6-8-11(9-7-10)20-17(24)21-15(22)14-12(18)4-3-5-13(14)19/h3-9H,2H2,1H3,(H2,20,21,22,24). The number of anilines is 1. The van der Waals surface area contributed by atoms with E-state index in [9.17, 15) is 23.2 Å². The minimum absolute atomic E-state index is 0.232. The molecule has 0 aliphatic rings. The van der Waals surface area contributed by atoms with Crippen LogP contribution in [0, 0.1) is 11.6 Å². The minimum Gasteiger partial charge on any atom is -0.462 e. The van der Waals surface area contributed by atoms with Crippen LogP contribution in [0.4, 0.5) is 19.3 Å². The van der Waals surface area contributed by atoms with Crippen LogP contribution >= 0.6 is 0 Å². The minimum atomic E-state index is -1.21. The Labute approximate surface area is 141 Å². The highest BCUT2D eigenvalue weighted by Crippen LogP contribution is 2.13. The fraction of sp³-hybridized carbons (Fsp3) is 0.118. The van der Waals surface area contributed by atoms with E-state index in [1.165, 1.54) is 24.3 Å². The van der Waals surface area contributed by atoms with Gasteiger partial charge in [0.2, 0.25) is 0 Å². The first-order valence-electron chi connectivity index (χ1n) is 7.26. The highest BCUT2D eigenvalue weighted by Gasteiger charge is 2.19. The van der Waals surface area contributed by atoms with Gasteiger partial charge in [0.15, 0.2) is 0 Å². The number of esters is 1. The summed E-state index contributed by atoms with van der Waals surface area (Å²) in [6, 6.07) is 7.62. The van der Waals surface area contributed by atoms with Gasteiger partial charge in [0.25, 0.3) is 5.91 Å². The Morgan fingerprint density at radius 2 is 1.60 bits per heavy atom. The topological polar surface area (TPSA) is 84.5 Å². The molecule has 0 aromatic heterocycles. The van der Waals surface area contributed by atoms with Gasteiger partial charge >= 0.3 is 12.0 Å². The number of imide groups is 1. The average molecular weight is 348 g/mol. The van der Waals surface area contributed by atoms with Crippen molar-refractivity contribution < 1.29 is 27.9 Å². The monoisotopic (exact) mass is 348 g/mol. The van der Waals surface area contributed by atoms with Gasteiger partial charge in [-0.2, -0.15) is 0 Å². The maximum absolute atomic E-state index is 13.5. The van der Waals surface area contributed by atoms with Gasteiger partial charge in [-0.25, -0.2) is 18.4 Å². The molecule has 0 unspecified atom stereocenters. The van der Waals surface area contributed by atoms with Gasteiger partial charge in [-0.05, 0) is 43.3 Å². The number of amides is 3. The molecular weight excluding hydrogens is 334 g/mol. The van der Waals surface area contributed by atoms with Crippen LogP contribution in [0.15, 0.2) is 42.5 Å². The Bertz CT molecular complexity index is 787. The van der Waals surface area contributed by atoms with Crippen molar-refractivity contribution >= 4 is 23.6 Å². The maximum Gasteiger partial charge on any atom is 0.338 e. The van der Waals surface area contributed by atoms with Gasteiger partial charge in [0.1, 0.15) is 17.2 Å². The summed E-state index contributed by atoms with van der Waals surface area (Å²) >= 11 is 0. The van der Waals surface area contributed by atoms with Crippen LogP contribution in [-0.4, -0.2) is 24.5 Å². The lowest BCUT2D eigenvalue weighted by atomic mass is 10.2. The normalized spacial score (nSPS) is 10.0. The quantitative estimate of drug-likeness (QED) is 0.832. The van der Waals surface area contributed by atoms with Crippen molar-refractivity contribution in [3.8, 4) is 0 Å². The summed E-state index contributed by atoms with van der Waals surface area (Å²) in [5.74, 6) is -3.88. The number of halogens is 2. The van der Waals surface area contributed by atoms with Crippen molar-refractivity contribution in [2.45, 2.75) is 6.92 Å². The van der Waals surface area contributed by atoms with Crippen molar-refractivity contribution in [1.82, 2.24) is 5.32 Å². The van der Waals surface area contributed by atoms with Gasteiger partial charge in [0, 0.05) is 5.69 Å². The second-order valence-electron chi connectivity index (χ2n) is 4.80. The first-order valence-corrected chi connectivity index (χ1v) is 7.26. The number of nitrogens with one attached hydrogen (secondary N) is 2. The molecule has 8 heteroatoms. The average Bonchev–Trinajstić information content (AvgIpc) is 2.55. The van der Waals surface area contributed by atoms with E-state index < -0.39 is 35.1 Å². The van der Waals surface area contributed by atoms with Gasteiger partial charge in [-0.1, -0.05) is 6.07 Å². The van der Waals surface area contributed by atoms with Gasteiger partial charge in [-0.15, -0.1) is 0 Å². The van der Waals surface area contributed by atoms with Crippen LogP contribution in [0.2, 0.25) is 0 Å². The Morgan fingerprint density at radius 3 is 2.16 bits per heavy atom. The second-order valence-corrected chi connectivity index (χ2v) is 4.80. The number of rotatable bonds is 4. The zero-order valence-electron chi connectivity index (χ0n) is 13.1. The fourth-order valence-electron chi connectivity index (χ4n) is 1.95. The Kier molecular flexibility index (Phi) is 5.78. The smallest absolute Gasteiger partial charge is 0.338 e. The fourth-order valence-corrected chi connectivity index (χ4v) is 1.95. The molecule has 0 aliphatic heterocycles. The van der Waals surface area contributed by atoms with E-state index in [2.05, 4.69) is 5.32 Å². The molecule has 2 aromatic rings. The highest BCUT2D eigenvalue weighted by molar-refractivity contribution is 6.08. The molecule has 0 bridgehead atoms. The van der Waals surface area contributed by atoms with Crippen LogP contribution in [0.1, 0.15) is 27.6 Å². The summed E-state index contributed by atoms with van der Waals surface area (Å²) in [5.41, 5.74) is -0.292. The summed E-state index contributed by atoms with van der Waals surface area (Å²) < 4.78 is 31.8. The number of carbonyl (C=O) groups excluding carboxylic acids is 3. The van der Waals surface area contributed by atoms with E-state index in [1.54, 1.807) is 6.92 Å². The Balaban J connectivity index is 2.00. The molecule has 0 aliphatic carbocycles. The number of benzene rings is 2. The zero-order valence-corrected chi connectivity index (χ0v) is 13.1. The number of ether oxygens (including phenoxy) is 1. The van der Waals surface area contributed by atoms with Crippen LogP contribution in [0.25, 0.3) is 0 Å². The van der Waals surface area contributed by atoms with E-state index in [0.29, 0.717) is 0 Å². The third kappa shape index (κ3) is 4.60. The van der Waals surface area contributed by atoms with E-state index in [4.69, 9.17) is 4.74 Å². The SMILES string of the molecule is CCOC(=O)c1ccc(NC(=O)NC(=O)c2c(F)cccc2F)cc1. The molecule has 0 atom stereocenters. The molecule has 0 spiro atoms. The summed E-state index contributed by atoms with van der Waals surface area (Å²) in [4.78, 5) is 35.1. The lowest BCUT2D eigenvalue weighted by molar-refractivity contribution is 0.0526. The number of urea groups is 1. The van der Waals surface area contributed by atoms with E-state index >= 15 is 0 Å². The Morgan fingerprint density at radius 1 is 1.00 bits per heavy atom. The molecule has 0 fully saturated rings. The summed E-state index contributed by atoms with van der Waals surface area (Å²) in [5, 5.41) is 4.14. The second kappa shape index (κ2) is 8.00. The summed E-state index contributed by atoms with van der Waals surface area (Å²) in [6.07, 6.45) is 0. The van der Waals surface area contributed by atoms with Crippen molar-refractivity contribution in [2.75, 3.05) is 11.9 Å². The van der Waals surface area contributed by atoms with Crippen molar-refractivity contribution in [3.05, 3.63) is 65.2 Å². The molecular formula is C17H14F2N2O4. The van der Waals surface area contributed by atoms with E-state index in [-0.39, 0.29) is 17.9 Å². The molecule has 2 aromatic carbocycles. The largest absolute Gasteiger partial charge is 0.462 e. The molecule has 2 rings (SSSR count). The van der Waals surface area contributed by atoms with Gasteiger partial charge in [0.05, 0.1) is 12.2 Å². The third-order valence-corrected chi connectivity index (χ3v) is 3.07. The van der Waals surface area contributed by atoms with Crippen molar-refractivity contribution in [3.63, 3.8) is 0 Å². The molecule has 2 N–H and O–H groups in total. The molecule has 3 amide bonds. The molecule has 6 nitrogen and oxygen atoms in total. The third-order valence-electron chi connectivity index (χ3n) is 3.07. The molecule has 130 valence electrons. The lowest BCUT2D eigenvalue weighted by Crippen LogP contribution is -2.35. The number of hydrogen-bond donors (Lipinski definition) is 2. The van der Waals surface area contributed by atoms with Crippen molar-refractivity contribution in [1.29, 1.82) is 0 Å². The zero-order chi connectivity index (χ0) is 18.4. The predicted octanol–water partition coefficient (Wildman–Crippen LogP) is 3.10. The molecule has 0 radical (unpaired) electrons. The number of carbonyl (C=O) groups is 3. The van der Waals surface area contributed by atoms with Gasteiger partial charge in [-0.3, -0.25) is 10.1 Å². The van der Waals surface area contributed by atoms with Crippen molar-refractivity contribution in [2.24, 2.45) is 0 Å². The predicted molar refractivity (Wildman–Crippen MR) is 85.2 cm³/mol. The number of hydrogen-bond acceptors (Lipinski definition) is 4.